The number of nitrogens with zero attached hydrogens (tertiary/aromatic N) is 1. The highest BCUT2D eigenvalue weighted by molar-refractivity contribution is 7.80. The van der Waals surface area contributed by atoms with Gasteiger partial charge in [-0.25, -0.2) is 4.79 Å². The number of nitrogens with two attached hydrogens (primary N) is 1. The molecule has 0 saturated carbocycles. The van der Waals surface area contributed by atoms with Crippen LogP contribution in [0, 0.1) is 0 Å². The maximum atomic E-state index is 12.1. The first-order chi connectivity index (χ1) is 15.3. The van der Waals surface area contributed by atoms with Crippen molar-refractivity contribution in [2.24, 2.45) is 0 Å². The highest BCUT2D eigenvalue weighted by atomic mass is 32.1. The summed E-state index contributed by atoms with van der Waals surface area (Å²) in [5, 5.41) is 5.45. The van der Waals surface area contributed by atoms with Crippen molar-refractivity contribution in [1.29, 1.82) is 0 Å². The molecule has 0 fully saturated rings. The Kier molecular flexibility index (Phi) is 12.1. The van der Waals surface area contributed by atoms with Crippen molar-refractivity contribution in [3.63, 3.8) is 0 Å². The third-order valence-corrected chi connectivity index (χ3v) is 4.18. The molecule has 1 aromatic heterocycles. The van der Waals surface area contributed by atoms with Crippen LogP contribution in [0.5, 0.6) is 0 Å². The average Bonchev–Trinajstić information content (AvgIpc) is 2.73. The van der Waals surface area contributed by atoms with E-state index in [0.29, 0.717) is 30.1 Å². The van der Waals surface area contributed by atoms with Crippen molar-refractivity contribution < 1.29 is 46.4 Å². The highest BCUT2D eigenvalue weighted by Crippen LogP contribution is 2.36. The SMILES string of the molecule is FC(F)(F)c1cc(S)cc(C(F)(F)F)c1.Nc1ccc(NC(=O)NCc2cccnc2)cc1.O.O.[HH].[HH].[HH]. The van der Waals surface area contributed by atoms with Gasteiger partial charge in [0.1, 0.15) is 0 Å². The molecule has 1 heterocycles. The van der Waals surface area contributed by atoms with Gasteiger partial charge >= 0.3 is 18.4 Å². The Morgan fingerprint density at radius 3 is 1.94 bits per heavy atom. The summed E-state index contributed by atoms with van der Waals surface area (Å²) < 4.78 is 72.8. The normalized spacial score (nSPS) is 10.6. The molecular weight excluding hydrogens is 502 g/mol. The molecule has 3 aromatic rings. The van der Waals surface area contributed by atoms with E-state index in [2.05, 4.69) is 28.2 Å². The van der Waals surface area contributed by atoms with Crippen LogP contribution in [0.4, 0.5) is 42.5 Å². The summed E-state index contributed by atoms with van der Waals surface area (Å²) >= 11 is 3.49. The van der Waals surface area contributed by atoms with Crippen molar-refractivity contribution in [2.75, 3.05) is 11.1 Å². The number of halogens is 6. The van der Waals surface area contributed by atoms with Crippen LogP contribution in [0.1, 0.15) is 21.0 Å². The van der Waals surface area contributed by atoms with E-state index in [1.165, 1.54) is 0 Å². The average molecular weight is 531 g/mol. The number of benzene rings is 2. The van der Waals surface area contributed by atoms with Crippen LogP contribution >= 0.6 is 12.6 Å². The van der Waals surface area contributed by atoms with E-state index in [-0.39, 0.29) is 32.2 Å². The second kappa shape index (κ2) is 13.4. The molecule has 2 amide bonds. The number of carbonyl (C=O) groups excluding carboxylic acids is 1. The Labute approximate surface area is 205 Å². The largest absolute Gasteiger partial charge is 0.416 e. The number of hydrogen-bond acceptors (Lipinski definition) is 4. The standard InChI is InChI=1S/C13H14N4O.C8H4F6S.2H2O.3H2/c14-11-3-5-12(6-4-11)17-13(18)16-9-10-2-1-7-15-8-10;9-7(10,11)4-1-5(8(12,13)14)3-6(15)2-4;;;;;/h1-8H,9,14H2,(H2,16,17,18);1-3,15H;2*1H2;3*1H. The molecule has 198 valence electrons. The van der Waals surface area contributed by atoms with Crippen molar-refractivity contribution in [3.8, 4) is 0 Å². The van der Waals surface area contributed by atoms with Crippen LogP contribution in [0.25, 0.3) is 0 Å². The van der Waals surface area contributed by atoms with Gasteiger partial charge in [-0.1, -0.05) is 6.07 Å². The highest BCUT2D eigenvalue weighted by Gasteiger charge is 2.36. The fraction of sp³-hybridized carbons (Fsp3) is 0.143. The summed E-state index contributed by atoms with van der Waals surface area (Å²) in [5.74, 6) is 0. The van der Waals surface area contributed by atoms with E-state index in [9.17, 15) is 31.1 Å². The quantitative estimate of drug-likeness (QED) is 0.213. The number of hydrogen-bond donors (Lipinski definition) is 4. The maximum Gasteiger partial charge on any atom is 0.416 e. The van der Waals surface area contributed by atoms with E-state index in [4.69, 9.17) is 5.73 Å². The summed E-state index contributed by atoms with van der Waals surface area (Å²) in [6.45, 7) is 0.439. The Morgan fingerprint density at radius 1 is 0.943 bits per heavy atom. The number of pyridine rings is 1. The Morgan fingerprint density at radius 2 is 1.49 bits per heavy atom. The molecule has 7 nitrogen and oxygen atoms in total. The maximum absolute atomic E-state index is 12.1. The van der Waals surface area contributed by atoms with Crippen molar-refractivity contribution in [3.05, 3.63) is 83.7 Å². The predicted octanol–water partition coefficient (Wildman–Crippen LogP) is 5.09. The zero-order valence-electron chi connectivity index (χ0n) is 17.7. The molecule has 14 heteroatoms. The lowest BCUT2D eigenvalue weighted by atomic mass is 10.1. The number of alkyl halides is 6. The fourth-order valence-corrected chi connectivity index (χ4v) is 2.64. The van der Waals surface area contributed by atoms with Gasteiger partial charge in [0.2, 0.25) is 0 Å². The van der Waals surface area contributed by atoms with E-state index in [1.807, 2.05) is 12.1 Å². The summed E-state index contributed by atoms with van der Waals surface area (Å²) in [7, 11) is 0. The lowest BCUT2D eigenvalue weighted by Gasteiger charge is -2.12. The third kappa shape index (κ3) is 11.0. The van der Waals surface area contributed by atoms with Gasteiger partial charge < -0.3 is 27.3 Å². The second-order valence-corrected chi connectivity index (χ2v) is 7.07. The van der Waals surface area contributed by atoms with Crippen LogP contribution < -0.4 is 16.4 Å². The first kappa shape index (κ1) is 31.5. The number of amides is 2. The van der Waals surface area contributed by atoms with Crippen molar-refractivity contribution >= 4 is 30.0 Å². The molecule has 0 radical (unpaired) electrons. The number of thiol groups is 1. The Bertz CT molecular complexity index is 1050. The first-order valence-electron chi connectivity index (χ1n) is 9.12. The van der Waals surface area contributed by atoms with Crippen molar-refractivity contribution in [2.45, 2.75) is 23.8 Å². The topological polar surface area (TPSA) is 143 Å². The summed E-state index contributed by atoms with van der Waals surface area (Å²) in [6.07, 6.45) is -6.21. The minimum absolute atomic E-state index is 0. The van der Waals surface area contributed by atoms with Gasteiger partial charge in [0.05, 0.1) is 11.1 Å². The van der Waals surface area contributed by atoms with Gasteiger partial charge in [0, 0.05) is 39.5 Å². The third-order valence-electron chi connectivity index (χ3n) is 3.92. The van der Waals surface area contributed by atoms with Gasteiger partial charge in [-0.05, 0) is 54.1 Å². The van der Waals surface area contributed by atoms with E-state index >= 15 is 0 Å². The number of anilines is 2. The minimum Gasteiger partial charge on any atom is -0.412 e. The van der Waals surface area contributed by atoms with Crippen LogP contribution in [-0.4, -0.2) is 22.0 Å². The van der Waals surface area contributed by atoms with Crippen LogP contribution in [0.3, 0.4) is 0 Å². The van der Waals surface area contributed by atoms with E-state index in [0.717, 1.165) is 5.56 Å². The Balaban J connectivity index is -0.000000272. The molecule has 3 rings (SSSR count). The van der Waals surface area contributed by atoms with E-state index < -0.39 is 23.5 Å². The van der Waals surface area contributed by atoms with Gasteiger partial charge in [-0.3, -0.25) is 4.98 Å². The molecule has 0 unspecified atom stereocenters. The number of carbonyl (C=O) groups is 1. The molecule has 35 heavy (non-hydrogen) atoms. The smallest absolute Gasteiger partial charge is 0.412 e. The van der Waals surface area contributed by atoms with Gasteiger partial charge in [0.15, 0.2) is 0 Å². The fourth-order valence-electron chi connectivity index (χ4n) is 2.37. The molecule has 0 bridgehead atoms. The van der Waals surface area contributed by atoms with E-state index in [1.54, 1.807) is 36.7 Å². The number of nitrogen functional groups attached to an aromatic ring is 1. The summed E-state index contributed by atoms with van der Waals surface area (Å²) in [4.78, 5) is 15.2. The zero-order valence-corrected chi connectivity index (χ0v) is 18.6. The lowest BCUT2D eigenvalue weighted by molar-refractivity contribution is -0.143. The molecule has 0 spiro atoms. The van der Waals surface area contributed by atoms with Gasteiger partial charge in [0.25, 0.3) is 0 Å². The molecule has 0 aliphatic rings. The van der Waals surface area contributed by atoms with Gasteiger partial charge in [-0.2, -0.15) is 26.3 Å². The van der Waals surface area contributed by atoms with Crippen LogP contribution in [-0.2, 0) is 18.9 Å². The van der Waals surface area contributed by atoms with Crippen LogP contribution in [0.2, 0.25) is 0 Å². The number of nitrogens with one attached hydrogen (secondary N) is 2. The number of urea groups is 1. The number of aromatic nitrogens is 1. The summed E-state index contributed by atoms with van der Waals surface area (Å²) in [6, 6.07) is 11.6. The van der Waals surface area contributed by atoms with Gasteiger partial charge in [-0.15, -0.1) is 12.6 Å². The minimum atomic E-state index is -4.81. The Hall–Kier alpha value is -3.49. The predicted molar refractivity (Wildman–Crippen MR) is 128 cm³/mol. The number of rotatable bonds is 3. The zero-order chi connectivity index (χ0) is 24.6. The molecule has 2 aromatic carbocycles. The first-order valence-corrected chi connectivity index (χ1v) is 9.57. The monoisotopic (exact) mass is 530 g/mol. The molecule has 0 aliphatic carbocycles. The molecule has 8 N–H and O–H groups in total. The molecular formula is C21H28F6N4O3S. The molecule has 0 atom stereocenters. The van der Waals surface area contributed by atoms with Crippen LogP contribution in [0.15, 0.2) is 71.9 Å². The lowest BCUT2D eigenvalue weighted by Crippen LogP contribution is -2.28. The molecule has 0 saturated heterocycles. The second-order valence-electron chi connectivity index (χ2n) is 6.56. The molecule has 0 aliphatic heterocycles. The summed E-state index contributed by atoms with van der Waals surface area (Å²) in [5.41, 5.74) is 5.15. The van der Waals surface area contributed by atoms with Crippen molar-refractivity contribution in [1.82, 2.24) is 10.3 Å².